The number of hydrogen-bond donors (Lipinski definition) is 2. The van der Waals surface area contributed by atoms with Crippen LogP contribution in [0.4, 0.5) is 0 Å². The number of carboxylic acid groups (broad SMARTS) is 1. The second-order valence-corrected chi connectivity index (χ2v) is 4.88. The molecule has 6 heteroatoms. The fraction of sp³-hybridized carbons (Fsp3) is 0.545. The lowest BCUT2D eigenvalue weighted by Gasteiger charge is -2.05. The van der Waals surface area contributed by atoms with Crippen molar-refractivity contribution in [2.24, 2.45) is 0 Å². The third-order valence-corrected chi connectivity index (χ3v) is 3.19. The Morgan fingerprint density at radius 1 is 1.53 bits per heavy atom. The van der Waals surface area contributed by atoms with Crippen LogP contribution in [0.15, 0.2) is 4.79 Å². The first-order chi connectivity index (χ1) is 8.04. The summed E-state index contributed by atoms with van der Waals surface area (Å²) in [7, 11) is 0. The van der Waals surface area contributed by atoms with E-state index in [4.69, 9.17) is 5.11 Å². The van der Waals surface area contributed by atoms with Gasteiger partial charge < -0.3 is 10.1 Å². The van der Waals surface area contributed by atoms with Gasteiger partial charge in [0.25, 0.3) is 5.56 Å². The highest BCUT2D eigenvalue weighted by molar-refractivity contribution is 7.98. The number of rotatable bonds is 6. The maximum absolute atomic E-state index is 11.7. The summed E-state index contributed by atoms with van der Waals surface area (Å²) in [4.78, 5) is 29.2. The molecule has 94 valence electrons. The normalized spacial score (nSPS) is 10.5. The van der Waals surface area contributed by atoms with Crippen molar-refractivity contribution in [1.29, 1.82) is 0 Å². The number of nitrogens with one attached hydrogen (secondary N) is 1. The van der Waals surface area contributed by atoms with E-state index in [-0.39, 0.29) is 18.4 Å². The molecule has 0 spiro atoms. The Morgan fingerprint density at radius 2 is 2.24 bits per heavy atom. The molecule has 0 bridgehead atoms. The average Bonchev–Trinajstić information content (AvgIpc) is 2.24. The monoisotopic (exact) mass is 256 g/mol. The molecule has 0 saturated carbocycles. The zero-order valence-corrected chi connectivity index (χ0v) is 10.8. The highest BCUT2D eigenvalue weighted by Gasteiger charge is 2.09. The molecule has 17 heavy (non-hydrogen) atoms. The highest BCUT2D eigenvalue weighted by Crippen LogP contribution is 2.08. The van der Waals surface area contributed by atoms with E-state index in [2.05, 4.69) is 9.97 Å². The third-order valence-electron chi connectivity index (χ3n) is 2.30. The van der Waals surface area contributed by atoms with Gasteiger partial charge in [0.2, 0.25) is 0 Å². The van der Waals surface area contributed by atoms with Crippen LogP contribution in [-0.4, -0.2) is 26.8 Å². The van der Waals surface area contributed by atoms with Gasteiger partial charge in [0.05, 0.1) is 5.75 Å². The summed E-state index contributed by atoms with van der Waals surface area (Å²) in [6, 6.07) is 0. The van der Waals surface area contributed by atoms with E-state index in [9.17, 15) is 9.59 Å². The first-order valence-corrected chi connectivity index (χ1v) is 6.58. The van der Waals surface area contributed by atoms with Gasteiger partial charge in [0, 0.05) is 17.7 Å². The van der Waals surface area contributed by atoms with E-state index in [1.807, 2.05) is 6.92 Å². The third kappa shape index (κ3) is 4.22. The predicted molar refractivity (Wildman–Crippen MR) is 67.4 cm³/mol. The summed E-state index contributed by atoms with van der Waals surface area (Å²) in [5.74, 6) is 1.38. The molecule has 2 N–H and O–H groups in total. The fourth-order valence-electron chi connectivity index (χ4n) is 1.46. The highest BCUT2D eigenvalue weighted by atomic mass is 32.2. The molecule has 0 amide bonds. The number of carbonyl (C=O) groups is 1. The second-order valence-electron chi connectivity index (χ2n) is 3.61. The van der Waals surface area contributed by atoms with Crippen LogP contribution in [-0.2, 0) is 17.0 Å². The van der Waals surface area contributed by atoms with Gasteiger partial charge in [-0.3, -0.25) is 9.59 Å². The largest absolute Gasteiger partial charge is 0.481 e. The number of aromatic nitrogens is 2. The molecule has 0 fully saturated rings. The van der Waals surface area contributed by atoms with E-state index >= 15 is 0 Å². The minimum absolute atomic E-state index is 0.0470. The van der Waals surface area contributed by atoms with Crippen LogP contribution < -0.4 is 5.56 Å². The van der Waals surface area contributed by atoms with Gasteiger partial charge in [-0.15, -0.1) is 0 Å². The molecule has 0 aromatic carbocycles. The molecule has 0 aliphatic rings. The molecule has 0 saturated heterocycles. The Balaban J connectivity index is 2.86. The molecule has 0 aliphatic heterocycles. The second kappa shape index (κ2) is 6.44. The van der Waals surface area contributed by atoms with E-state index in [1.165, 1.54) is 0 Å². The van der Waals surface area contributed by atoms with Crippen LogP contribution in [0.25, 0.3) is 0 Å². The minimum atomic E-state index is -0.908. The van der Waals surface area contributed by atoms with Crippen LogP contribution in [0, 0.1) is 6.92 Å². The van der Waals surface area contributed by atoms with Crippen LogP contribution in [0.5, 0.6) is 0 Å². The van der Waals surface area contributed by atoms with Crippen LogP contribution in [0.3, 0.4) is 0 Å². The molecular weight excluding hydrogens is 240 g/mol. The Bertz CT molecular complexity index is 457. The molecule has 1 heterocycles. The summed E-state index contributed by atoms with van der Waals surface area (Å²) in [5, 5.41) is 8.59. The van der Waals surface area contributed by atoms with Crippen molar-refractivity contribution in [1.82, 2.24) is 9.97 Å². The number of aliphatic carboxylic acids is 1. The molecule has 1 aromatic heterocycles. The van der Waals surface area contributed by atoms with Gasteiger partial charge in [0.15, 0.2) is 0 Å². The maximum atomic E-state index is 11.7. The lowest BCUT2D eigenvalue weighted by Crippen LogP contribution is -2.19. The topological polar surface area (TPSA) is 83.0 Å². The summed E-state index contributed by atoms with van der Waals surface area (Å²) >= 11 is 1.68. The van der Waals surface area contributed by atoms with Gasteiger partial charge in [-0.1, -0.05) is 6.92 Å². The summed E-state index contributed by atoms with van der Waals surface area (Å²) in [6.07, 6.45) is 0.180. The first kappa shape index (κ1) is 13.8. The number of aryl methyl sites for hydroxylation is 1. The zero-order chi connectivity index (χ0) is 12.8. The van der Waals surface area contributed by atoms with Gasteiger partial charge in [-0.2, -0.15) is 11.8 Å². The fourth-order valence-corrected chi connectivity index (χ4v) is 2.00. The van der Waals surface area contributed by atoms with Crippen molar-refractivity contribution < 1.29 is 9.90 Å². The molecule has 5 nitrogen and oxygen atoms in total. The van der Waals surface area contributed by atoms with Crippen molar-refractivity contribution in [3.63, 3.8) is 0 Å². The SMILES string of the molecule is CCSCc1nc(C)c(CCC(=O)O)c(=O)[nH]1. The number of thioether (sulfide) groups is 1. The number of H-pyrrole nitrogens is 1. The molecule has 1 rings (SSSR count). The van der Waals surface area contributed by atoms with Crippen LogP contribution in [0.1, 0.15) is 30.4 Å². The van der Waals surface area contributed by atoms with Crippen molar-refractivity contribution >= 4 is 17.7 Å². The van der Waals surface area contributed by atoms with Gasteiger partial charge in [-0.25, -0.2) is 4.98 Å². The van der Waals surface area contributed by atoms with Gasteiger partial charge in [-0.05, 0) is 19.1 Å². The number of hydrogen-bond acceptors (Lipinski definition) is 4. The van der Waals surface area contributed by atoms with E-state index in [1.54, 1.807) is 18.7 Å². The Morgan fingerprint density at radius 3 is 2.76 bits per heavy atom. The van der Waals surface area contributed by atoms with Crippen molar-refractivity contribution in [3.8, 4) is 0 Å². The average molecular weight is 256 g/mol. The minimum Gasteiger partial charge on any atom is -0.481 e. The lowest BCUT2D eigenvalue weighted by atomic mass is 10.1. The summed E-state index contributed by atoms with van der Waals surface area (Å²) < 4.78 is 0. The Kier molecular flexibility index (Phi) is 5.21. The number of nitrogens with zero attached hydrogens (tertiary/aromatic N) is 1. The summed E-state index contributed by atoms with van der Waals surface area (Å²) in [6.45, 7) is 3.78. The standard InChI is InChI=1S/C11H16N2O3S/c1-3-17-6-9-12-7(2)8(11(16)13-9)4-5-10(14)15/h3-6H2,1-2H3,(H,14,15)(H,12,13,16). The molecule has 0 atom stereocenters. The van der Waals surface area contributed by atoms with Crippen molar-refractivity contribution in [3.05, 3.63) is 27.4 Å². The maximum Gasteiger partial charge on any atom is 0.303 e. The van der Waals surface area contributed by atoms with Crippen LogP contribution >= 0.6 is 11.8 Å². The lowest BCUT2D eigenvalue weighted by molar-refractivity contribution is -0.136. The molecule has 0 radical (unpaired) electrons. The summed E-state index contributed by atoms with van der Waals surface area (Å²) in [5.41, 5.74) is 0.879. The quantitative estimate of drug-likeness (QED) is 0.802. The van der Waals surface area contributed by atoms with Crippen molar-refractivity contribution in [2.75, 3.05) is 5.75 Å². The smallest absolute Gasteiger partial charge is 0.303 e. The number of aromatic amines is 1. The predicted octanol–water partition coefficient (Wildman–Crippen LogP) is 1.35. The van der Waals surface area contributed by atoms with E-state index < -0.39 is 5.97 Å². The van der Waals surface area contributed by atoms with Gasteiger partial charge in [0.1, 0.15) is 5.82 Å². The van der Waals surface area contributed by atoms with Crippen molar-refractivity contribution in [2.45, 2.75) is 32.4 Å². The van der Waals surface area contributed by atoms with Crippen LogP contribution in [0.2, 0.25) is 0 Å². The van der Waals surface area contributed by atoms with E-state index in [0.717, 1.165) is 5.75 Å². The molecule has 0 unspecified atom stereocenters. The Hall–Kier alpha value is -1.30. The van der Waals surface area contributed by atoms with E-state index in [0.29, 0.717) is 22.8 Å². The number of carboxylic acids is 1. The Labute approximate surface area is 104 Å². The zero-order valence-electron chi connectivity index (χ0n) is 9.95. The molecule has 0 aliphatic carbocycles. The first-order valence-electron chi connectivity index (χ1n) is 5.42. The molecule has 1 aromatic rings. The molecular formula is C11H16N2O3S. The van der Waals surface area contributed by atoms with Gasteiger partial charge >= 0.3 is 5.97 Å².